The Morgan fingerprint density at radius 1 is 1.33 bits per heavy atom. The average Bonchev–Trinajstić information content (AvgIpc) is 2.81. The minimum absolute atomic E-state index is 0.164. The van der Waals surface area contributed by atoms with Gasteiger partial charge in [0.25, 0.3) is 11.5 Å². The molecular formula is C15H19N3O2S. The lowest BCUT2D eigenvalue weighted by atomic mass is 10.1. The van der Waals surface area contributed by atoms with Crippen LogP contribution in [0.3, 0.4) is 0 Å². The van der Waals surface area contributed by atoms with Gasteiger partial charge in [0.15, 0.2) is 4.96 Å². The highest BCUT2D eigenvalue weighted by Gasteiger charge is 2.24. The Bertz CT molecular complexity index is 698. The van der Waals surface area contributed by atoms with Crippen LogP contribution in [0.1, 0.15) is 48.9 Å². The summed E-state index contributed by atoms with van der Waals surface area (Å²) in [5.41, 5.74) is -0.107. The van der Waals surface area contributed by atoms with E-state index in [0.717, 1.165) is 25.7 Å². The van der Waals surface area contributed by atoms with Crippen molar-refractivity contribution >= 4 is 22.2 Å². The Morgan fingerprint density at radius 3 is 2.76 bits per heavy atom. The monoisotopic (exact) mass is 305 g/mol. The number of aromatic nitrogens is 2. The molecule has 1 aliphatic carbocycles. The molecule has 0 unspecified atom stereocenters. The van der Waals surface area contributed by atoms with Gasteiger partial charge in [0, 0.05) is 30.9 Å². The average molecular weight is 305 g/mol. The molecule has 0 aliphatic heterocycles. The van der Waals surface area contributed by atoms with Crippen LogP contribution < -0.4 is 5.56 Å². The highest BCUT2D eigenvalue weighted by Crippen LogP contribution is 2.22. The van der Waals surface area contributed by atoms with Crippen LogP contribution >= 0.6 is 11.3 Å². The maximum atomic E-state index is 12.6. The van der Waals surface area contributed by atoms with Gasteiger partial charge in [-0.25, -0.2) is 4.98 Å². The van der Waals surface area contributed by atoms with Crippen LogP contribution in [0.2, 0.25) is 0 Å². The smallest absolute Gasteiger partial charge is 0.271 e. The molecule has 6 heteroatoms. The number of carbonyl (C=O) groups is 1. The van der Waals surface area contributed by atoms with E-state index < -0.39 is 0 Å². The second kappa shape index (κ2) is 5.97. The van der Waals surface area contributed by atoms with Crippen molar-refractivity contribution in [2.75, 3.05) is 7.05 Å². The van der Waals surface area contributed by atoms with E-state index in [1.807, 2.05) is 0 Å². The first kappa shape index (κ1) is 14.3. The number of thiazole rings is 1. The normalized spacial score (nSPS) is 16.8. The van der Waals surface area contributed by atoms with Crippen LogP contribution in [-0.2, 0) is 0 Å². The highest BCUT2D eigenvalue weighted by atomic mass is 32.1. The molecule has 2 aromatic rings. The molecule has 1 amide bonds. The van der Waals surface area contributed by atoms with Crippen LogP contribution in [0, 0.1) is 0 Å². The van der Waals surface area contributed by atoms with E-state index in [0.29, 0.717) is 4.96 Å². The summed E-state index contributed by atoms with van der Waals surface area (Å²) in [6, 6.07) is 0.238. The summed E-state index contributed by atoms with van der Waals surface area (Å²) in [4.78, 5) is 31.5. The van der Waals surface area contributed by atoms with E-state index in [-0.39, 0.29) is 23.1 Å². The van der Waals surface area contributed by atoms with Gasteiger partial charge < -0.3 is 4.90 Å². The van der Waals surface area contributed by atoms with Gasteiger partial charge in [0.05, 0.1) is 0 Å². The second-order valence-corrected chi connectivity index (χ2v) is 6.47. The van der Waals surface area contributed by atoms with Gasteiger partial charge >= 0.3 is 0 Å². The number of fused-ring (bicyclic) bond motifs is 1. The first-order valence-electron chi connectivity index (χ1n) is 7.40. The zero-order valence-electron chi connectivity index (χ0n) is 12.1. The number of hydrogen-bond donors (Lipinski definition) is 0. The molecule has 1 aliphatic rings. The van der Waals surface area contributed by atoms with Crippen molar-refractivity contribution in [1.82, 2.24) is 14.3 Å². The van der Waals surface area contributed by atoms with Gasteiger partial charge in [-0.1, -0.05) is 25.7 Å². The van der Waals surface area contributed by atoms with Crippen LogP contribution in [0.25, 0.3) is 4.96 Å². The molecule has 0 bridgehead atoms. The first-order valence-corrected chi connectivity index (χ1v) is 8.28. The van der Waals surface area contributed by atoms with Crippen molar-refractivity contribution in [3.05, 3.63) is 33.7 Å². The van der Waals surface area contributed by atoms with Gasteiger partial charge in [-0.15, -0.1) is 11.3 Å². The van der Waals surface area contributed by atoms with E-state index in [4.69, 9.17) is 0 Å². The number of carbonyl (C=O) groups excluding carboxylic acids is 1. The van der Waals surface area contributed by atoms with Crippen LogP contribution in [0.5, 0.6) is 0 Å². The summed E-state index contributed by atoms with van der Waals surface area (Å²) < 4.78 is 1.44. The molecule has 21 heavy (non-hydrogen) atoms. The fourth-order valence-corrected chi connectivity index (χ4v) is 3.65. The van der Waals surface area contributed by atoms with Crippen LogP contribution in [0.4, 0.5) is 0 Å². The van der Waals surface area contributed by atoms with Gasteiger partial charge in [-0.05, 0) is 12.8 Å². The fourth-order valence-electron chi connectivity index (χ4n) is 2.97. The molecule has 112 valence electrons. The summed E-state index contributed by atoms with van der Waals surface area (Å²) in [5.74, 6) is -0.208. The Kier molecular flexibility index (Phi) is 4.05. The first-order chi connectivity index (χ1) is 10.2. The lowest BCUT2D eigenvalue weighted by Gasteiger charge is -2.26. The Labute approximate surface area is 127 Å². The quantitative estimate of drug-likeness (QED) is 0.801. The molecule has 0 radical (unpaired) electrons. The summed E-state index contributed by atoms with van der Waals surface area (Å²) in [7, 11) is 1.81. The van der Waals surface area contributed by atoms with Gasteiger partial charge in [0.2, 0.25) is 0 Å². The van der Waals surface area contributed by atoms with Crippen molar-refractivity contribution in [3.63, 3.8) is 0 Å². The topological polar surface area (TPSA) is 54.7 Å². The van der Waals surface area contributed by atoms with Crippen molar-refractivity contribution in [2.45, 2.75) is 44.6 Å². The van der Waals surface area contributed by atoms with E-state index in [9.17, 15) is 9.59 Å². The lowest BCUT2D eigenvalue weighted by Crippen LogP contribution is -2.39. The predicted molar refractivity (Wildman–Crippen MR) is 82.9 cm³/mol. The molecule has 2 aromatic heterocycles. The van der Waals surface area contributed by atoms with Gasteiger partial charge in [-0.3, -0.25) is 14.0 Å². The van der Waals surface area contributed by atoms with Gasteiger partial charge in [-0.2, -0.15) is 0 Å². The molecule has 1 saturated carbocycles. The van der Waals surface area contributed by atoms with E-state index in [1.165, 1.54) is 34.8 Å². The Hall–Kier alpha value is -1.69. The summed E-state index contributed by atoms with van der Waals surface area (Å²) in [6.07, 6.45) is 9.93. The van der Waals surface area contributed by atoms with Crippen LogP contribution in [-0.4, -0.2) is 33.3 Å². The maximum absolute atomic E-state index is 12.6. The third-order valence-electron chi connectivity index (χ3n) is 4.27. The minimum Gasteiger partial charge on any atom is -0.339 e. The summed E-state index contributed by atoms with van der Waals surface area (Å²) in [6.45, 7) is 0. The Balaban J connectivity index is 1.88. The van der Waals surface area contributed by atoms with Crippen molar-refractivity contribution < 1.29 is 4.79 Å². The standard InChI is InChI=1S/C15H19N3O2S/c1-17(11-6-4-2-3-5-7-11)13(19)12-10-16-15-18(14(12)20)8-9-21-15/h8-11H,2-7H2,1H3. The molecule has 0 atom stereocenters. The molecule has 5 nitrogen and oxygen atoms in total. The fraction of sp³-hybridized carbons (Fsp3) is 0.533. The Morgan fingerprint density at radius 2 is 2.05 bits per heavy atom. The van der Waals surface area contributed by atoms with Crippen molar-refractivity contribution in [2.24, 2.45) is 0 Å². The summed E-state index contributed by atoms with van der Waals surface area (Å²) >= 11 is 1.39. The lowest BCUT2D eigenvalue weighted by molar-refractivity contribution is 0.0715. The molecule has 2 heterocycles. The van der Waals surface area contributed by atoms with Gasteiger partial charge in [0.1, 0.15) is 5.56 Å². The van der Waals surface area contributed by atoms with Crippen LogP contribution in [0.15, 0.2) is 22.6 Å². The molecule has 1 fully saturated rings. The highest BCUT2D eigenvalue weighted by molar-refractivity contribution is 7.15. The number of amides is 1. The SMILES string of the molecule is CN(C(=O)c1cnc2sccn2c1=O)C1CCCCCC1. The number of nitrogens with zero attached hydrogens (tertiary/aromatic N) is 3. The molecule has 3 rings (SSSR count). The minimum atomic E-state index is -0.272. The maximum Gasteiger partial charge on any atom is 0.271 e. The number of rotatable bonds is 2. The van der Waals surface area contributed by atoms with Crippen molar-refractivity contribution in [3.8, 4) is 0 Å². The zero-order valence-corrected chi connectivity index (χ0v) is 12.9. The third-order valence-corrected chi connectivity index (χ3v) is 5.04. The molecule has 0 saturated heterocycles. The number of hydrogen-bond acceptors (Lipinski definition) is 4. The zero-order chi connectivity index (χ0) is 14.8. The second-order valence-electron chi connectivity index (χ2n) is 5.59. The molecule has 0 spiro atoms. The van der Waals surface area contributed by atoms with Crippen molar-refractivity contribution in [1.29, 1.82) is 0 Å². The predicted octanol–water partition coefficient (Wildman–Crippen LogP) is 2.55. The van der Waals surface area contributed by atoms with E-state index in [2.05, 4.69) is 4.98 Å². The largest absolute Gasteiger partial charge is 0.339 e. The molecule has 0 N–H and O–H groups in total. The van der Waals surface area contributed by atoms with E-state index in [1.54, 1.807) is 23.5 Å². The molecular weight excluding hydrogens is 286 g/mol. The summed E-state index contributed by atoms with van der Waals surface area (Å²) in [5, 5.41) is 1.80. The third kappa shape index (κ3) is 2.72. The van der Waals surface area contributed by atoms with E-state index >= 15 is 0 Å². The molecule has 0 aromatic carbocycles.